The minimum Gasteiger partial charge on any atom is -0.340 e. The molecule has 27 heavy (non-hydrogen) atoms. The van der Waals surface area contributed by atoms with Gasteiger partial charge in [-0.25, -0.2) is 13.4 Å². The topological polar surface area (TPSA) is 70.6 Å². The van der Waals surface area contributed by atoms with E-state index in [1.807, 2.05) is 34.5 Å². The molecule has 1 aromatic heterocycles. The highest BCUT2D eigenvalue weighted by molar-refractivity contribution is 7.90. The molecule has 9 heteroatoms. The van der Waals surface area contributed by atoms with Crippen LogP contribution >= 0.6 is 22.9 Å². The molecule has 1 aliphatic heterocycles. The van der Waals surface area contributed by atoms with E-state index >= 15 is 0 Å². The van der Waals surface area contributed by atoms with Crippen LogP contribution in [0, 0.1) is 0 Å². The summed E-state index contributed by atoms with van der Waals surface area (Å²) in [5, 5.41) is 3.36. The molecule has 2 aromatic rings. The van der Waals surface area contributed by atoms with Crippen molar-refractivity contribution in [3.63, 3.8) is 0 Å². The monoisotopic (exact) mass is 427 g/mol. The molecule has 0 unspecified atom stereocenters. The zero-order valence-electron chi connectivity index (χ0n) is 15.1. The van der Waals surface area contributed by atoms with Crippen LogP contribution in [0.4, 0.5) is 0 Å². The lowest BCUT2D eigenvalue weighted by atomic mass is 10.2. The first kappa shape index (κ1) is 20.3. The van der Waals surface area contributed by atoms with Gasteiger partial charge in [0.1, 0.15) is 14.8 Å². The van der Waals surface area contributed by atoms with Crippen molar-refractivity contribution in [3.05, 3.63) is 40.4 Å². The summed E-state index contributed by atoms with van der Waals surface area (Å²) in [6.07, 6.45) is 1.52. The normalized spacial score (nSPS) is 15.9. The van der Waals surface area contributed by atoms with E-state index in [4.69, 9.17) is 11.6 Å². The van der Waals surface area contributed by atoms with Gasteiger partial charge in [0.15, 0.2) is 0 Å². The van der Waals surface area contributed by atoms with Gasteiger partial charge >= 0.3 is 0 Å². The van der Waals surface area contributed by atoms with Gasteiger partial charge in [0.2, 0.25) is 5.91 Å². The number of carbonyl (C=O) groups is 1. The van der Waals surface area contributed by atoms with Crippen LogP contribution in [0.1, 0.15) is 5.69 Å². The second-order valence-electron chi connectivity index (χ2n) is 6.65. The van der Waals surface area contributed by atoms with Gasteiger partial charge in [0, 0.05) is 49.9 Å². The summed E-state index contributed by atoms with van der Waals surface area (Å²) < 4.78 is 22.5. The number of aromatic nitrogens is 1. The summed E-state index contributed by atoms with van der Waals surface area (Å²) in [4.78, 5) is 21.0. The Morgan fingerprint density at radius 2 is 1.93 bits per heavy atom. The molecule has 1 aliphatic rings. The van der Waals surface area contributed by atoms with Crippen LogP contribution in [0.3, 0.4) is 0 Å². The van der Waals surface area contributed by atoms with Crippen molar-refractivity contribution in [2.75, 3.05) is 44.7 Å². The number of piperazine rings is 1. The highest BCUT2D eigenvalue weighted by Crippen LogP contribution is 2.30. The molecule has 3 rings (SSSR count). The summed E-state index contributed by atoms with van der Waals surface area (Å²) in [5.41, 5.74) is 1.63. The van der Waals surface area contributed by atoms with Gasteiger partial charge in [-0.15, -0.1) is 11.3 Å². The summed E-state index contributed by atoms with van der Waals surface area (Å²) in [6.45, 7) is 3.15. The Bertz CT molecular complexity index is 906. The van der Waals surface area contributed by atoms with Gasteiger partial charge in [0.05, 0.1) is 22.9 Å². The average molecular weight is 428 g/mol. The maximum absolute atomic E-state index is 12.6. The Labute approximate surface area is 168 Å². The fourth-order valence-corrected chi connectivity index (χ4v) is 4.66. The summed E-state index contributed by atoms with van der Waals surface area (Å²) in [5.74, 6) is 0.207. The number of sulfone groups is 1. The van der Waals surface area contributed by atoms with Crippen molar-refractivity contribution in [2.24, 2.45) is 0 Å². The number of carbonyl (C=O) groups excluding carboxylic acids is 1. The molecule has 6 nitrogen and oxygen atoms in total. The fraction of sp³-hybridized carbons (Fsp3) is 0.444. The second kappa shape index (κ2) is 8.68. The maximum atomic E-state index is 12.6. The summed E-state index contributed by atoms with van der Waals surface area (Å²) >= 11 is 7.70. The molecule has 1 amide bonds. The van der Waals surface area contributed by atoms with Crippen molar-refractivity contribution in [1.82, 2.24) is 14.8 Å². The third-order valence-corrected chi connectivity index (χ3v) is 6.67. The molecule has 0 bridgehead atoms. The lowest BCUT2D eigenvalue weighted by molar-refractivity contribution is -0.132. The number of thiazole rings is 1. The predicted octanol–water partition coefficient (Wildman–Crippen LogP) is 2.19. The van der Waals surface area contributed by atoms with E-state index in [-0.39, 0.29) is 18.1 Å². The van der Waals surface area contributed by atoms with Gasteiger partial charge in [-0.3, -0.25) is 9.69 Å². The number of benzene rings is 1. The van der Waals surface area contributed by atoms with E-state index in [0.717, 1.165) is 16.3 Å². The number of halogens is 1. The molecule has 1 saturated heterocycles. The number of hydrogen-bond donors (Lipinski definition) is 0. The zero-order chi connectivity index (χ0) is 19.4. The molecule has 1 aromatic carbocycles. The molecule has 0 spiro atoms. The van der Waals surface area contributed by atoms with Crippen LogP contribution in [-0.2, 0) is 21.1 Å². The zero-order valence-corrected chi connectivity index (χ0v) is 17.5. The van der Waals surface area contributed by atoms with Crippen LogP contribution in [-0.4, -0.2) is 73.8 Å². The molecule has 0 aliphatic carbocycles. The minimum atomic E-state index is -2.96. The van der Waals surface area contributed by atoms with Gasteiger partial charge in [-0.05, 0) is 6.07 Å². The fourth-order valence-electron chi connectivity index (χ4n) is 2.93. The van der Waals surface area contributed by atoms with Crippen LogP contribution in [0.2, 0.25) is 5.02 Å². The van der Waals surface area contributed by atoms with Gasteiger partial charge in [0.25, 0.3) is 0 Å². The standard InChI is InChI=1S/C18H22ClN3O3S2/c1-27(24,25)11-10-21-6-8-22(9-7-21)17(23)12-14-13-26-18(20-14)15-4-2-3-5-16(15)19/h2-5,13H,6-12H2,1H3. The Hall–Kier alpha value is -1.48. The molecule has 1 fully saturated rings. The van der Waals surface area contributed by atoms with Gasteiger partial charge in [-0.2, -0.15) is 0 Å². The molecule has 0 atom stereocenters. The average Bonchev–Trinajstić information content (AvgIpc) is 3.08. The lowest BCUT2D eigenvalue weighted by Crippen LogP contribution is -2.50. The molecule has 0 saturated carbocycles. The van der Waals surface area contributed by atoms with Crippen molar-refractivity contribution >= 4 is 38.7 Å². The molecule has 0 N–H and O–H groups in total. The van der Waals surface area contributed by atoms with E-state index in [2.05, 4.69) is 9.88 Å². The quantitative estimate of drug-likeness (QED) is 0.706. The SMILES string of the molecule is CS(=O)(=O)CCN1CCN(C(=O)Cc2csc(-c3ccccc3Cl)n2)CC1. The van der Waals surface area contributed by atoms with E-state index in [0.29, 0.717) is 37.7 Å². The van der Waals surface area contributed by atoms with Crippen LogP contribution in [0.15, 0.2) is 29.6 Å². The lowest BCUT2D eigenvalue weighted by Gasteiger charge is -2.34. The van der Waals surface area contributed by atoms with Crippen LogP contribution in [0.25, 0.3) is 10.6 Å². The Morgan fingerprint density at radius 3 is 2.59 bits per heavy atom. The first-order chi connectivity index (χ1) is 12.8. The Balaban J connectivity index is 1.53. The molecular weight excluding hydrogens is 406 g/mol. The predicted molar refractivity (Wildman–Crippen MR) is 109 cm³/mol. The van der Waals surface area contributed by atoms with E-state index < -0.39 is 9.84 Å². The Morgan fingerprint density at radius 1 is 1.22 bits per heavy atom. The van der Waals surface area contributed by atoms with Crippen molar-refractivity contribution in [1.29, 1.82) is 0 Å². The van der Waals surface area contributed by atoms with E-state index in [1.165, 1.54) is 17.6 Å². The third kappa shape index (κ3) is 5.75. The molecule has 0 radical (unpaired) electrons. The minimum absolute atomic E-state index is 0.0498. The number of nitrogens with zero attached hydrogens (tertiary/aromatic N) is 3. The smallest absolute Gasteiger partial charge is 0.228 e. The van der Waals surface area contributed by atoms with Gasteiger partial charge in [-0.1, -0.05) is 29.8 Å². The molecule has 2 heterocycles. The highest BCUT2D eigenvalue weighted by atomic mass is 35.5. The summed E-state index contributed by atoms with van der Waals surface area (Å²) in [6, 6.07) is 7.53. The number of amides is 1. The highest BCUT2D eigenvalue weighted by Gasteiger charge is 2.22. The van der Waals surface area contributed by atoms with Gasteiger partial charge < -0.3 is 4.90 Å². The number of hydrogen-bond acceptors (Lipinski definition) is 6. The van der Waals surface area contributed by atoms with Crippen molar-refractivity contribution in [2.45, 2.75) is 6.42 Å². The van der Waals surface area contributed by atoms with E-state index in [9.17, 15) is 13.2 Å². The largest absolute Gasteiger partial charge is 0.340 e. The second-order valence-corrected chi connectivity index (χ2v) is 10.2. The first-order valence-corrected chi connectivity index (χ1v) is 12.0. The van der Waals surface area contributed by atoms with Crippen LogP contribution in [0.5, 0.6) is 0 Å². The van der Waals surface area contributed by atoms with Crippen LogP contribution < -0.4 is 0 Å². The van der Waals surface area contributed by atoms with Crippen molar-refractivity contribution < 1.29 is 13.2 Å². The first-order valence-electron chi connectivity index (χ1n) is 8.69. The summed E-state index contributed by atoms with van der Waals surface area (Å²) in [7, 11) is -2.96. The van der Waals surface area contributed by atoms with E-state index in [1.54, 1.807) is 0 Å². The molecular formula is C18H22ClN3O3S2. The Kier molecular flexibility index (Phi) is 6.52. The molecule has 146 valence electrons. The number of rotatable bonds is 6. The van der Waals surface area contributed by atoms with Crippen molar-refractivity contribution in [3.8, 4) is 10.6 Å². The maximum Gasteiger partial charge on any atom is 0.228 e. The third-order valence-electron chi connectivity index (χ3n) is 4.49.